The number of nitrogens with zero attached hydrogens (tertiary/aromatic N) is 3. The first-order valence-electron chi connectivity index (χ1n) is 10.9. The van der Waals surface area contributed by atoms with Gasteiger partial charge in [0.2, 0.25) is 0 Å². The summed E-state index contributed by atoms with van der Waals surface area (Å²) in [6.45, 7) is 2.00. The van der Waals surface area contributed by atoms with Gasteiger partial charge in [0, 0.05) is 12.7 Å². The maximum Gasteiger partial charge on any atom is 0.295 e. The van der Waals surface area contributed by atoms with Gasteiger partial charge in [-0.05, 0) is 42.3 Å². The first-order valence-corrected chi connectivity index (χ1v) is 10.9. The number of pyridine rings is 1. The molecule has 5 rings (SSSR count). The van der Waals surface area contributed by atoms with Crippen molar-refractivity contribution in [2.24, 2.45) is 0 Å². The van der Waals surface area contributed by atoms with Crippen LogP contribution < -0.4 is 4.74 Å². The lowest BCUT2D eigenvalue weighted by atomic mass is 9.96. The van der Waals surface area contributed by atoms with E-state index in [2.05, 4.69) is 4.98 Å². The Labute approximate surface area is 196 Å². The number of benzene rings is 2. The second kappa shape index (κ2) is 8.51. The van der Waals surface area contributed by atoms with Gasteiger partial charge in [0.05, 0.1) is 24.4 Å². The van der Waals surface area contributed by atoms with Crippen LogP contribution >= 0.6 is 0 Å². The van der Waals surface area contributed by atoms with Gasteiger partial charge in [0.15, 0.2) is 5.76 Å². The van der Waals surface area contributed by atoms with E-state index < -0.39 is 17.7 Å². The number of imidazole rings is 1. The Bertz CT molecular complexity index is 1420. The molecule has 0 aliphatic carbocycles. The van der Waals surface area contributed by atoms with Crippen molar-refractivity contribution in [2.75, 3.05) is 7.11 Å². The number of methoxy groups -OCH3 is 1. The molecule has 1 unspecified atom stereocenters. The summed E-state index contributed by atoms with van der Waals surface area (Å²) in [5.74, 6) is -0.968. The van der Waals surface area contributed by atoms with Gasteiger partial charge in [-0.3, -0.25) is 14.0 Å². The van der Waals surface area contributed by atoms with Gasteiger partial charge in [0.25, 0.3) is 11.7 Å². The lowest BCUT2D eigenvalue weighted by Gasteiger charge is -2.25. The van der Waals surface area contributed by atoms with Crippen LogP contribution in [0.2, 0.25) is 0 Å². The Morgan fingerprint density at radius 3 is 2.41 bits per heavy atom. The Morgan fingerprint density at radius 2 is 1.71 bits per heavy atom. The molecule has 0 bridgehead atoms. The minimum atomic E-state index is -0.764. The molecule has 1 N–H and O–H groups in total. The smallest absolute Gasteiger partial charge is 0.295 e. The van der Waals surface area contributed by atoms with E-state index in [-0.39, 0.29) is 17.9 Å². The van der Waals surface area contributed by atoms with Crippen LogP contribution in [-0.2, 0) is 16.1 Å². The van der Waals surface area contributed by atoms with E-state index in [1.165, 1.54) is 4.90 Å². The van der Waals surface area contributed by atoms with Crippen LogP contribution in [0.25, 0.3) is 11.4 Å². The van der Waals surface area contributed by atoms with Crippen molar-refractivity contribution in [1.29, 1.82) is 0 Å². The molecule has 170 valence electrons. The summed E-state index contributed by atoms with van der Waals surface area (Å²) in [6, 6.07) is 21.4. The van der Waals surface area contributed by atoms with Crippen LogP contribution in [0.1, 0.15) is 28.6 Å². The number of aryl methyl sites for hydroxylation is 1. The number of aromatic nitrogens is 2. The standard InChI is InChI=1S/C27H23N3O4/c1-17-23(29-15-7-6-10-21(29)28-17)25(31)22-24(19-11-13-20(34-2)14-12-19)30(27(33)26(22)32)16-18-8-4-3-5-9-18/h3-15,24,31H,16H2,1-2H3/b25-22+. The summed E-state index contributed by atoms with van der Waals surface area (Å²) in [5.41, 5.74) is 3.22. The molecular weight excluding hydrogens is 430 g/mol. The van der Waals surface area contributed by atoms with Crippen molar-refractivity contribution in [3.63, 3.8) is 0 Å². The molecule has 34 heavy (non-hydrogen) atoms. The topological polar surface area (TPSA) is 84.1 Å². The maximum absolute atomic E-state index is 13.3. The van der Waals surface area contributed by atoms with E-state index in [1.807, 2.05) is 60.7 Å². The second-order valence-electron chi connectivity index (χ2n) is 8.16. The fraction of sp³-hybridized carbons (Fsp3) is 0.148. The van der Waals surface area contributed by atoms with Crippen molar-refractivity contribution in [3.05, 3.63) is 107 Å². The van der Waals surface area contributed by atoms with Gasteiger partial charge in [0.1, 0.15) is 17.1 Å². The lowest BCUT2D eigenvalue weighted by Crippen LogP contribution is -2.29. The van der Waals surface area contributed by atoms with Crippen molar-refractivity contribution in [1.82, 2.24) is 14.3 Å². The number of aliphatic hydroxyl groups is 1. The third-order valence-electron chi connectivity index (χ3n) is 6.10. The van der Waals surface area contributed by atoms with Crippen molar-refractivity contribution < 1.29 is 19.4 Å². The third kappa shape index (κ3) is 3.51. The zero-order chi connectivity index (χ0) is 23.8. The van der Waals surface area contributed by atoms with E-state index in [0.717, 1.165) is 5.56 Å². The monoisotopic (exact) mass is 453 g/mol. The molecule has 1 fully saturated rings. The van der Waals surface area contributed by atoms with E-state index >= 15 is 0 Å². The highest BCUT2D eigenvalue weighted by Gasteiger charge is 2.46. The third-order valence-corrected chi connectivity index (χ3v) is 6.10. The molecule has 1 amide bonds. The number of hydrogen-bond acceptors (Lipinski definition) is 5. The number of hydrogen-bond donors (Lipinski definition) is 1. The van der Waals surface area contributed by atoms with Crippen LogP contribution in [0.4, 0.5) is 0 Å². The molecule has 3 heterocycles. The summed E-state index contributed by atoms with van der Waals surface area (Å²) in [5, 5.41) is 11.5. The van der Waals surface area contributed by atoms with Gasteiger partial charge in [-0.2, -0.15) is 0 Å². The Balaban J connectivity index is 1.71. The molecule has 1 atom stereocenters. The van der Waals surface area contributed by atoms with Crippen molar-refractivity contribution in [2.45, 2.75) is 19.5 Å². The maximum atomic E-state index is 13.3. The SMILES string of the molecule is COc1ccc(C2/C(=C(\O)c3c(C)nc4ccccn34)C(=O)C(=O)N2Cc2ccccc2)cc1. The van der Waals surface area contributed by atoms with Crippen LogP contribution in [0, 0.1) is 6.92 Å². The quantitative estimate of drug-likeness (QED) is 0.277. The number of rotatable bonds is 5. The van der Waals surface area contributed by atoms with E-state index in [9.17, 15) is 14.7 Å². The number of ketones is 1. The minimum absolute atomic E-state index is 0.0415. The molecule has 4 aromatic rings. The molecule has 1 aliphatic rings. The van der Waals surface area contributed by atoms with Gasteiger partial charge in [-0.1, -0.05) is 48.5 Å². The van der Waals surface area contributed by atoms with Crippen molar-refractivity contribution in [3.8, 4) is 5.75 Å². The molecule has 1 saturated heterocycles. The molecule has 7 nitrogen and oxygen atoms in total. The first-order chi connectivity index (χ1) is 16.5. The van der Waals surface area contributed by atoms with Crippen LogP contribution in [0.3, 0.4) is 0 Å². The van der Waals surface area contributed by atoms with E-state index in [0.29, 0.717) is 28.3 Å². The highest BCUT2D eigenvalue weighted by atomic mass is 16.5. The summed E-state index contributed by atoms with van der Waals surface area (Å²) in [6.07, 6.45) is 1.77. The highest BCUT2D eigenvalue weighted by Crippen LogP contribution is 2.41. The molecule has 0 spiro atoms. The minimum Gasteiger partial charge on any atom is -0.505 e. The summed E-state index contributed by atoms with van der Waals surface area (Å²) >= 11 is 0. The molecule has 7 heteroatoms. The number of ether oxygens (including phenoxy) is 1. The van der Waals surface area contributed by atoms with Crippen LogP contribution in [0.5, 0.6) is 5.75 Å². The Kier molecular flexibility index (Phi) is 5.37. The Hall–Kier alpha value is -4.39. The van der Waals surface area contributed by atoms with Gasteiger partial charge in [-0.25, -0.2) is 4.98 Å². The zero-order valence-electron chi connectivity index (χ0n) is 18.8. The van der Waals surface area contributed by atoms with Crippen LogP contribution in [0.15, 0.2) is 84.6 Å². The molecule has 1 aliphatic heterocycles. The normalized spacial score (nSPS) is 17.5. The van der Waals surface area contributed by atoms with Crippen LogP contribution in [-0.4, -0.2) is 38.2 Å². The fourth-order valence-corrected chi connectivity index (χ4v) is 4.48. The van der Waals surface area contributed by atoms with Gasteiger partial charge >= 0.3 is 0 Å². The number of fused-ring (bicyclic) bond motifs is 1. The summed E-state index contributed by atoms with van der Waals surface area (Å²) in [4.78, 5) is 32.6. The average Bonchev–Trinajstić information content (AvgIpc) is 3.33. The number of carbonyl (C=O) groups excluding carboxylic acids is 2. The van der Waals surface area contributed by atoms with Gasteiger partial charge < -0.3 is 14.7 Å². The van der Waals surface area contributed by atoms with Crippen molar-refractivity contribution >= 4 is 23.1 Å². The summed E-state index contributed by atoms with van der Waals surface area (Å²) < 4.78 is 7.00. The first kappa shape index (κ1) is 21.5. The fourth-order valence-electron chi connectivity index (χ4n) is 4.48. The zero-order valence-corrected chi connectivity index (χ0v) is 18.8. The molecule has 0 saturated carbocycles. The van der Waals surface area contributed by atoms with E-state index in [1.54, 1.807) is 36.8 Å². The predicted molar refractivity (Wildman–Crippen MR) is 127 cm³/mol. The second-order valence-corrected chi connectivity index (χ2v) is 8.16. The molecular formula is C27H23N3O4. The van der Waals surface area contributed by atoms with E-state index in [4.69, 9.17) is 4.74 Å². The number of amides is 1. The van der Waals surface area contributed by atoms with Gasteiger partial charge in [-0.15, -0.1) is 0 Å². The average molecular weight is 453 g/mol. The molecule has 2 aromatic carbocycles. The number of Topliss-reactive ketones (excluding diaryl/α,β-unsaturated/α-hetero) is 1. The largest absolute Gasteiger partial charge is 0.505 e. The Morgan fingerprint density at radius 1 is 1.00 bits per heavy atom. The molecule has 2 aromatic heterocycles. The molecule has 0 radical (unpaired) electrons. The number of carbonyl (C=O) groups is 2. The summed E-state index contributed by atoms with van der Waals surface area (Å²) in [7, 11) is 1.57. The predicted octanol–water partition coefficient (Wildman–Crippen LogP) is 4.27. The highest BCUT2D eigenvalue weighted by molar-refractivity contribution is 6.46. The lowest BCUT2D eigenvalue weighted by molar-refractivity contribution is -0.140. The number of aliphatic hydroxyl groups excluding tert-OH is 1. The number of likely N-dealkylation sites (tertiary alicyclic amines) is 1.